The van der Waals surface area contributed by atoms with Crippen molar-refractivity contribution in [3.05, 3.63) is 53.3 Å². The molecule has 1 aliphatic rings. The molecule has 1 aromatic heterocycles. The minimum absolute atomic E-state index is 0.159. The lowest BCUT2D eigenvalue weighted by molar-refractivity contribution is -0.137. The normalized spacial score (nSPS) is 15.3. The van der Waals surface area contributed by atoms with Gasteiger partial charge in [-0.05, 0) is 18.6 Å². The van der Waals surface area contributed by atoms with Crippen molar-refractivity contribution in [3.8, 4) is 0 Å². The summed E-state index contributed by atoms with van der Waals surface area (Å²) < 4.78 is 1.24. The van der Waals surface area contributed by atoms with Crippen LogP contribution in [0.15, 0.2) is 36.5 Å². The third kappa shape index (κ3) is 4.24. The first-order valence-electron chi connectivity index (χ1n) is 8.34. The van der Waals surface area contributed by atoms with E-state index in [4.69, 9.17) is 5.11 Å². The molecule has 132 valence electrons. The number of carboxylic acid groups (broad SMARTS) is 1. The van der Waals surface area contributed by atoms with Crippen molar-refractivity contribution in [2.45, 2.75) is 20.0 Å². The number of carbonyl (C=O) groups excluding carboxylic acids is 1. The summed E-state index contributed by atoms with van der Waals surface area (Å²) in [6.45, 7) is 5.50. The van der Waals surface area contributed by atoms with Crippen molar-refractivity contribution in [2.75, 3.05) is 26.2 Å². The molecule has 7 nitrogen and oxygen atoms in total. The predicted molar refractivity (Wildman–Crippen MR) is 92.2 cm³/mol. The van der Waals surface area contributed by atoms with Crippen molar-refractivity contribution in [2.24, 2.45) is 0 Å². The van der Waals surface area contributed by atoms with Crippen molar-refractivity contribution in [1.82, 2.24) is 19.6 Å². The Kier molecular flexibility index (Phi) is 5.14. The van der Waals surface area contributed by atoms with Crippen LogP contribution in [0.25, 0.3) is 0 Å². The summed E-state index contributed by atoms with van der Waals surface area (Å²) in [6, 6.07) is 10.1. The van der Waals surface area contributed by atoms with Crippen molar-refractivity contribution >= 4 is 11.9 Å². The van der Waals surface area contributed by atoms with E-state index in [2.05, 4.69) is 41.2 Å². The Balaban J connectivity index is 1.57. The fourth-order valence-electron chi connectivity index (χ4n) is 2.99. The largest absolute Gasteiger partial charge is 0.480 e. The van der Waals surface area contributed by atoms with Crippen molar-refractivity contribution in [1.29, 1.82) is 0 Å². The van der Waals surface area contributed by atoms with Crippen LogP contribution in [-0.4, -0.2) is 62.7 Å². The maximum atomic E-state index is 12.6. The summed E-state index contributed by atoms with van der Waals surface area (Å²) in [5.41, 5.74) is 2.84. The number of carbonyl (C=O) groups is 2. The topological polar surface area (TPSA) is 78.7 Å². The SMILES string of the molecule is Cc1ccc(CN2CCN(C(=O)c3ccnn3CC(=O)O)CC2)cc1. The van der Waals surface area contributed by atoms with E-state index < -0.39 is 5.97 Å². The van der Waals surface area contributed by atoms with E-state index in [1.807, 2.05) is 0 Å². The molecule has 0 bridgehead atoms. The van der Waals surface area contributed by atoms with Gasteiger partial charge >= 0.3 is 5.97 Å². The molecule has 1 saturated heterocycles. The number of piperazine rings is 1. The van der Waals surface area contributed by atoms with Crippen LogP contribution in [0.5, 0.6) is 0 Å². The van der Waals surface area contributed by atoms with Gasteiger partial charge in [0.05, 0.1) is 0 Å². The molecule has 2 aromatic rings. The smallest absolute Gasteiger partial charge is 0.325 e. The van der Waals surface area contributed by atoms with Gasteiger partial charge in [-0.1, -0.05) is 29.8 Å². The highest BCUT2D eigenvalue weighted by Gasteiger charge is 2.24. The fraction of sp³-hybridized carbons (Fsp3) is 0.389. The molecule has 0 aliphatic carbocycles. The van der Waals surface area contributed by atoms with E-state index in [1.165, 1.54) is 22.0 Å². The summed E-state index contributed by atoms with van der Waals surface area (Å²) in [5, 5.41) is 12.8. The van der Waals surface area contributed by atoms with Crippen LogP contribution in [0.4, 0.5) is 0 Å². The van der Waals surface area contributed by atoms with Crippen LogP contribution in [-0.2, 0) is 17.9 Å². The summed E-state index contributed by atoms with van der Waals surface area (Å²) >= 11 is 0. The van der Waals surface area contributed by atoms with Gasteiger partial charge in [-0.15, -0.1) is 0 Å². The van der Waals surface area contributed by atoms with Crippen LogP contribution in [0.3, 0.4) is 0 Å². The fourth-order valence-corrected chi connectivity index (χ4v) is 2.99. The number of benzene rings is 1. The summed E-state index contributed by atoms with van der Waals surface area (Å²) in [4.78, 5) is 27.6. The Bertz CT molecular complexity index is 746. The van der Waals surface area contributed by atoms with Gasteiger partial charge in [-0.2, -0.15) is 5.10 Å². The number of aliphatic carboxylic acids is 1. The minimum Gasteiger partial charge on any atom is -0.480 e. The summed E-state index contributed by atoms with van der Waals surface area (Å²) in [7, 11) is 0. The second-order valence-electron chi connectivity index (χ2n) is 6.32. The van der Waals surface area contributed by atoms with Gasteiger partial charge in [0, 0.05) is 38.9 Å². The molecule has 1 fully saturated rings. The van der Waals surface area contributed by atoms with E-state index >= 15 is 0 Å². The lowest BCUT2D eigenvalue weighted by Crippen LogP contribution is -2.48. The zero-order valence-corrected chi connectivity index (χ0v) is 14.3. The van der Waals surface area contributed by atoms with E-state index in [-0.39, 0.29) is 12.5 Å². The van der Waals surface area contributed by atoms with Gasteiger partial charge in [-0.3, -0.25) is 14.5 Å². The number of aromatic nitrogens is 2. The highest BCUT2D eigenvalue weighted by Crippen LogP contribution is 2.12. The van der Waals surface area contributed by atoms with Gasteiger partial charge in [0.15, 0.2) is 0 Å². The van der Waals surface area contributed by atoms with Crippen LogP contribution < -0.4 is 0 Å². The first-order chi connectivity index (χ1) is 12.0. The number of carboxylic acids is 1. The maximum Gasteiger partial charge on any atom is 0.325 e. The number of amides is 1. The Labute approximate surface area is 146 Å². The quantitative estimate of drug-likeness (QED) is 0.884. The highest BCUT2D eigenvalue weighted by molar-refractivity contribution is 5.93. The molecule has 0 spiro atoms. The molecule has 0 unspecified atom stereocenters. The average Bonchev–Trinajstić information content (AvgIpc) is 3.04. The van der Waals surface area contributed by atoms with Crippen LogP contribution in [0.1, 0.15) is 21.6 Å². The Hall–Kier alpha value is -2.67. The average molecular weight is 342 g/mol. The monoisotopic (exact) mass is 342 g/mol. The number of hydrogen-bond donors (Lipinski definition) is 1. The van der Waals surface area contributed by atoms with Crippen LogP contribution in [0, 0.1) is 6.92 Å². The molecule has 0 atom stereocenters. The van der Waals surface area contributed by atoms with Gasteiger partial charge in [-0.25, -0.2) is 4.68 Å². The Morgan fingerprint density at radius 2 is 1.76 bits per heavy atom. The molecule has 1 aromatic carbocycles. The second kappa shape index (κ2) is 7.48. The molecular formula is C18H22N4O3. The van der Waals surface area contributed by atoms with E-state index in [9.17, 15) is 9.59 Å². The molecular weight excluding hydrogens is 320 g/mol. The van der Waals surface area contributed by atoms with E-state index in [0.29, 0.717) is 18.8 Å². The lowest BCUT2D eigenvalue weighted by atomic mass is 10.1. The maximum absolute atomic E-state index is 12.6. The lowest BCUT2D eigenvalue weighted by Gasteiger charge is -2.34. The van der Waals surface area contributed by atoms with Crippen LogP contribution in [0.2, 0.25) is 0 Å². The molecule has 3 rings (SSSR count). The Morgan fingerprint density at radius 3 is 2.40 bits per heavy atom. The minimum atomic E-state index is -1.01. The number of hydrogen-bond acceptors (Lipinski definition) is 4. The van der Waals surface area contributed by atoms with Crippen molar-refractivity contribution in [3.63, 3.8) is 0 Å². The zero-order valence-electron chi connectivity index (χ0n) is 14.3. The van der Waals surface area contributed by atoms with Gasteiger partial charge < -0.3 is 10.0 Å². The van der Waals surface area contributed by atoms with E-state index in [0.717, 1.165) is 19.6 Å². The standard InChI is InChI=1S/C18H22N4O3/c1-14-2-4-15(5-3-14)12-20-8-10-21(11-9-20)18(25)16-6-7-19-22(16)13-17(23)24/h2-7H,8-13H2,1H3,(H,23,24). The number of nitrogens with zero attached hydrogens (tertiary/aromatic N) is 4. The van der Waals surface area contributed by atoms with Crippen molar-refractivity contribution < 1.29 is 14.7 Å². The highest BCUT2D eigenvalue weighted by atomic mass is 16.4. The molecule has 0 saturated carbocycles. The third-order valence-corrected chi connectivity index (χ3v) is 4.41. The summed E-state index contributed by atoms with van der Waals surface area (Å²) in [5.74, 6) is -1.17. The van der Waals surface area contributed by atoms with Gasteiger partial charge in [0.1, 0.15) is 12.2 Å². The molecule has 7 heteroatoms. The third-order valence-electron chi connectivity index (χ3n) is 4.41. The molecule has 1 aliphatic heterocycles. The summed E-state index contributed by atoms with van der Waals surface area (Å²) in [6.07, 6.45) is 1.46. The zero-order chi connectivity index (χ0) is 17.8. The molecule has 1 N–H and O–H groups in total. The predicted octanol–water partition coefficient (Wildman–Crippen LogP) is 1.23. The van der Waals surface area contributed by atoms with Gasteiger partial charge in [0.2, 0.25) is 0 Å². The van der Waals surface area contributed by atoms with E-state index in [1.54, 1.807) is 11.0 Å². The molecule has 1 amide bonds. The first-order valence-corrected chi connectivity index (χ1v) is 8.34. The molecule has 0 radical (unpaired) electrons. The first kappa shape index (κ1) is 17.2. The molecule has 25 heavy (non-hydrogen) atoms. The Morgan fingerprint density at radius 1 is 1.08 bits per heavy atom. The second-order valence-corrected chi connectivity index (χ2v) is 6.32. The number of rotatable bonds is 5. The van der Waals surface area contributed by atoms with Crippen LogP contribution >= 0.6 is 0 Å². The number of aryl methyl sites for hydroxylation is 1. The molecule has 2 heterocycles. The van der Waals surface area contributed by atoms with Gasteiger partial charge in [0.25, 0.3) is 5.91 Å².